The number of nitrogens with two attached hydrogens (primary N) is 1. The minimum Gasteiger partial charge on any atom is -0.396 e. The van der Waals surface area contributed by atoms with Crippen LogP contribution in [0.25, 0.3) is 0 Å². The third kappa shape index (κ3) is 3.55. The van der Waals surface area contributed by atoms with Crippen molar-refractivity contribution in [3.05, 3.63) is 27.7 Å². The van der Waals surface area contributed by atoms with E-state index in [0.717, 1.165) is 12.1 Å². The number of anilines is 1. The van der Waals surface area contributed by atoms with Gasteiger partial charge in [0.25, 0.3) is 0 Å². The molecule has 0 aliphatic rings. The molecule has 2 nitrogen and oxygen atoms in total. The number of nitrogens with one attached hydrogen (secondary N) is 1. The van der Waals surface area contributed by atoms with Gasteiger partial charge in [0.1, 0.15) is 0 Å². The summed E-state index contributed by atoms with van der Waals surface area (Å²) in [6.45, 7) is 7.38. The Bertz CT molecular complexity index is 341. The fourth-order valence-electron chi connectivity index (χ4n) is 1.38. The van der Waals surface area contributed by atoms with E-state index < -0.39 is 0 Å². The fraction of sp³-hybridized carbons (Fsp3) is 0.500. The van der Waals surface area contributed by atoms with Crippen LogP contribution < -0.4 is 11.1 Å². The van der Waals surface area contributed by atoms with E-state index >= 15 is 0 Å². The van der Waals surface area contributed by atoms with Crippen molar-refractivity contribution in [3.63, 3.8) is 0 Å². The summed E-state index contributed by atoms with van der Waals surface area (Å²) in [5.41, 5.74) is 7.20. The molecule has 0 saturated heterocycles. The van der Waals surface area contributed by atoms with Gasteiger partial charge in [-0.1, -0.05) is 37.0 Å². The molecule has 1 rings (SSSR count). The number of nitrogen functional groups attached to an aromatic ring is 1. The SMILES string of the molecule is CC(C)CNC(C)c1cc(Cl)c(N)c(Cl)c1. The minimum atomic E-state index is 0.220. The van der Waals surface area contributed by atoms with E-state index in [-0.39, 0.29) is 6.04 Å². The zero-order valence-electron chi connectivity index (χ0n) is 9.85. The van der Waals surface area contributed by atoms with Gasteiger partial charge in [0.05, 0.1) is 15.7 Å². The maximum atomic E-state index is 5.99. The van der Waals surface area contributed by atoms with Crippen LogP contribution in [0.3, 0.4) is 0 Å². The van der Waals surface area contributed by atoms with Gasteiger partial charge in [-0.3, -0.25) is 0 Å². The molecule has 0 spiro atoms. The molecule has 0 amide bonds. The maximum Gasteiger partial charge on any atom is 0.0693 e. The Labute approximate surface area is 107 Å². The van der Waals surface area contributed by atoms with Crippen LogP contribution in [0, 0.1) is 5.92 Å². The van der Waals surface area contributed by atoms with Crippen molar-refractivity contribution in [2.24, 2.45) is 5.92 Å². The van der Waals surface area contributed by atoms with Crippen molar-refractivity contribution in [2.75, 3.05) is 12.3 Å². The van der Waals surface area contributed by atoms with Gasteiger partial charge < -0.3 is 11.1 Å². The molecule has 0 aliphatic heterocycles. The van der Waals surface area contributed by atoms with Crippen molar-refractivity contribution in [1.29, 1.82) is 0 Å². The molecule has 3 N–H and O–H groups in total. The van der Waals surface area contributed by atoms with Crippen LogP contribution in [0.4, 0.5) is 5.69 Å². The Morgan fingerprint density at radius 3 is 2.12 bits per heavy atom. The number of halogens is 2. The largest absolute Gasteiger partial charge is 0.396 e. The van der Waals surface area contributed by atoms with Gasteiger partial charge in [0.2, 0.25) is 0 Å². The van der Waals surface area contributed by atoms with Crippen LogP contribution in [0.2, 0.25) is 10.0 Å². The van der Waals surface area contributed by atoms with Crippen molar-refractivity contribution < 1.29 is 0 Å². The molecular weight excluding hydrogens is 243 g/mol. The molecule has 1 aromatic rings. The number of benzene rings is 1. The fourth-order valence-corrected chi connectivity index (χ4v) is 1.89. The topological polar surface area (TPSA) is 38.0 Å². The third-order valence-corrected chi connectivity index (χ3v) is 3.06. The van der Waals surface area contributed by atoms with Crippen molar-refractivity contribution in [1.82, 2.24) is 5.32 Å². The summed E-state index contributed by atoms with van der Waals surface area (Å²) >= 11 is 12.0. The second-order valence-electron chi connectivity index (χ2n) is 4.42. The van der Waals surface area contributed by atoms with Gasteiger partial charge in [0.15, 0.2) is 0 Å². The predicted octanol–water partition coefficient (Wildman–Crippen LogP) is 3.88. The Balaban J connectivity index is 2.80. The Morgan fingerprint density at radius 1 is 1.19 bits per heavy atom. The monoisotopic (exact) mass is 260 g/mol. The average Bonchev–Trinajstić information content (AvgIpc) is 2.21. The second-order valence-corrected chi connectivity index (χ2v) is 5.24. The normalized spacial score (nSPS) is 13.1. The van der Waals surface area contributed by atoms with E-state index in [9.17, 15) is 0 Å². The highest BCUT2D eigenvalue weighted by molar-refractivity contribution is 6.38. The smallest absolute Gasteiger partial charge is 0.0693 e. The summed E-state index contributed by atoms with van der Waals surface area (Å²) in [6.07, 6.45) is 0. The lowest BCUT2D eigenvalue weighted by Gasteiger charge is -2.17. The summed E-state index contributed by atoms with van der Waals surface area (Å²) in [5, 5.41) is 4.44. The number of hydrogen-bond acceptors (Lipinski definition) is 2. The second kappa shape index (κ2) is 5.76. The lowest BCUT2D eigenvalue weighted by Crippen LogP contribution is -2.23. The van der Waals surface area contributed by atoms with Crippen LogP contribution in [-0.2, 0) is 0 Å². The number of rotatable bonds is 4. The molecule has 1 aromatic carbocycles. The van der Waals surface area contributed by atoms with E-state index in [1.54, 1.807) is 0 Å². The summed E-state index contributed by atoms with van der Waals surface area (Å²) in [4.78, 5) is 0. The van der Waals surface area contributed by atoms with Gasteiger partial charge in [-0.2, -0.15) is 0 Å². The van der Waals surface area contributed by atoms with E-state index in [1.165, 1.54) is 0 Å². The highest BCUT2D eigenvalue weighted by Gasteiger charge is 2.10. The lowest BCUT2D eigenvalue weighted by molar-refractivity contribution is 0.496. The van der Waals surface area contributed by atoms with Gasteiger partial charge >= 0.3 is 0 Å². The van der Waals surface area contributed by atoms with Crippen LogP contribution in [0.5, 0.6) is 0 Å². The first-order valence-corrected chi connectivity index (χ1v) is 6.15. The molecule has 0 heterocycles. The minimum absolute atomic E-state index is 0.220. The van der Waals surface area contributed by atoms with Gasteiger partial charge in [-0.25, -0.2) is 0 Å². The van der Waals surface area contributed by atoms with Crippen molar-refractivity contribution in [2.45, 2.75) is 26.8 Å². The van der Waals surface area contributed by atoms with E-state index in [0.29, 0.717) is 21.7 Å². The van der Waals surface area contributed by atoms with E-state index in [1.807, 2.05) is 12.1 Å². The molecule has 1 unspecified atom stereocenters. The Kier molecular flexibility index (Phi) is 4.90. The molecule has 0 aliphatic carbocycles. The molecule has 4 heteroatoms. The number of hydrogen-bond donors (Lipinski definition) is 2. The Hall–Kier alpha value is -0.440. The van der Waals surface area contributed by atoms with Crippen LogP contribution in [-0.4, -0.2) is 6.54 Å². The van der Waals surface area contributed by atoms with Crippen molar-refractivity contribution >= 4 is 28.9 Å². The van der Waals surface area contributed by atoms with E-state index in [2.05, 4.69) is 26.1 Å². The standard InChI is InChI=1S/C12H18Cl2N2/c1-7(2)6-16-8(3)9-4-10(13)12(15)11(14)5-9/h4-5,7-8,16H,6,15H2,1-3H3. The van der Waals surface area contributed by atoms with E-state index in [4.69, 9.17) is 28.9 Å². The van der Waals surface area contributed by atoms with Crippen LogP contribution in [0.1, 0.15) is 32.4 Å². The molecule has 0 saturated carbocycles. The lowest BCUT2D eigenvalue weighted by atomic mass is 10.1. The maximum absolute atomic E-state index is 5.99. The summed E-state index contributed by atoms with van der Waals surface area (Å²) in [6, 6.07) is 3.94. The third-order valence-electron chi connectivity index (χ3n) is 2.43. The van der Waals surface area contributed by atoms with Crippen LogP contribution >= 0.6 is 23.2 Å². The Morgan fingerprint density at radius 2 is 1.69 bits per heavy atom. The molecule has 1 atom stereocenters. The highest BCUT2D eigenvalue weighted by Crippen LogP contribution is 2.31. The summed E-state index contributed by atoms with van der Waals surface area (Å²) < 4.78 is 0. The zero-order chi connectivity index (χ0) is 12.3. The first-order valence-electron chi connectivity index (χ1n) is 5.39. The van der Waals surface area contributed by atoms with Gasteiger partial charge in [0, 0.05) is 6.04 Å². The molecule has 0 bridgehead atoms. The zero-order valence-corrected chi connectivity index (χ0v) is 11.4. The molecule has 90 valence electrons. The van der Waals surface area contributed by atoms with Crippen molar-refractivity contribution in [3.8, 4) is 0 Å². The van der Waals surface area contributed by atoms with Gasteiger partial charge in [-0.15, -0.1) is 0 Å². The quantitative estimate of drug-likeness (QED) is 0.807. The molecule has 16 heavy (non-hydrogen) atoms. The first-order chi connectivity index (χ1) is 7.41. The first kappa shape index (κ1) is 13.6. The molecule has 0 radical (unpaired) electrons. The summed E-state index contributed by atoms with van der Waals surface area (Å²) in [7, 11) is 0. The molecule has 0 aromatic heterocycles. The predicted molar refractivity (Wildman–Crippen MR) is 72.1 cm³/mol. The highest BCUT2D eigenvalue weighted by atomic mass is 35.5. The van der Waals surface area contributed by atoms with Gasteiger partial charge in [-0.05, 0) is 37.1 Å². The molecule has 0 fully saturated rings. The average molecular weight is 261 g/mol. The van der Waals surface area contributed by atoms with Crippen LogP contribution in [0.15, 0.2) is 12.1 Å². The molecular formula is C12H18Cl2N2. The summed E-state index contributed by atoms with van der Waals surface area (Å²) in [5.74, 6) is 0.613.